The van der Waals surface area contributed by atoms with Gasteiger partial charge < -0.3 is 10.2 Å². The van der Waals surface area contributed by atoms with Gasteiger partial charge in [-0.25, -0.2) is 13.1 Å². The zero-order valence-electron chi connectivity index (χ0n) is 20.4. The molecule has 2 aromatic carbocycles. The second kappa shape index (κ2) is 11.0. The summed E-state index contributed by atoms with van der Waals surface area (Å²) in [6.07, 6.45) is 3.79. The average Bonchev–Trinajstić information content (AvgIpc) is 2.83. The van der Waals surface area contributed by atoms with Crippen molar-refractivity contribution in [3.05, 3.63) is 69.2 Å². The van der Waals surface area contributed by atoms with Crippen molar-refractivity contribution in [2.45, 2.75) is 62.7 Å². The summed E-state index contributed by atoms with van der Waals surface area (Å²) in [6.45, 7) is 1.58. The van der Waals surface area contributed by atoms with E-state index in [2.05, 4.69) is 10.0 Å². The largest absolute Gasteiger partial charge is 0.340 e. The highest BCUT2D eigenvalue weighted by Crippen LogP contribution is 2.47. The molecule has 1 heterocycles. The van der Waals surface area contributed by atoms with Gasteiger partial charge in [-0.15, -0.1) is 0 Å². The summed E-state index contributed by atoms with van der Waals surface area (Å²) < 4.78 is 27.2. The maximum Gasteiger partial charge on any atom is 0.255 e. The minimum Gasteiger partial charge on any atom is -0.340 e. The lowest BCUT2D eigenvalue weighted by molar-refractivity contribution is -0.125. The van der Waals surface area contributed by atoms with Gasteiger partial charge in [0.1, 0.15) is 6.04 Å². The van der Waals surface area contributed by atoms with Crippen LogP contribution in [0.3, 0.4) is 0 Å². The van der Waals surface area contributed by atoms with Gasteiger partial charge in [0, 0.05) is 27.7 Å². The normalized spacial score (nSPS) is 24.6. The number of carbonyl (C=O) groups excluding carboxylic acids is 2. The molecule has 0 aromatic heterocycles. The van der Waals surface area contributed by atoms with Crippen LogP contribution in [0.1, 0.15) is 66.1 Å². The molecular formula is C26H28Cl2N4O4S. The second-order valence-electron chi connectivity index (χ2n) is 9.60. The molecule has 2 aliphatic rings. The molecule has 1 fully saturated rings. The van der Waals surface area contributed by atoms with Crippen LogP contribution in [0.4, 0.5) is 0 Å². The maximum absolute atomic E-state index is 14.1. The summed E-state index contributed by atoms with van der Waals surface area (Å²) in [6, 6.07) is 11.1. The quantitative estimate of drug-likeness (QED) is 0.547. The molecule has 1 aliphatic carbocycles. The molecule has 4 rings (SSSR count). The molecule has 2 unspecified atom stereocenters. The molecular weight excluding hydrogens is 535 g/mol. The molecule has 0 spiro atoms. The van der Waals surface area contributed by atoms with E-state index >= 15 is 0 Å². The maximum atomic E-state index is 14.1. The molecule has 5 atom stereocenters. The fraction of sp³-hybridized carbons (Fsp3) is 0.423. The molecule has 196 valence electrons. The van der Waals surface area contributed by atoms with Crippen LogP contribution in [0, 0.1) is 11.3 Å². The summed E-state index contributed by atoms with van der Waals surface area (Å²) in [5.74, 6) is -1.64. The van der Waals surface area contributed by atoms with Gasteiger partial charge in [0.15, 0.2) is 0 Å². The number of sulfonamides is 1. The summed E-state index contributed by atoms with van der Waals surface area (Å²) in [5, 5.41) is 12.8. The average molecular weight is 564 g/mol. The molecule has 2 aromatic rings. The number of amides is 2. The third kappa shape index (κ3) is 5.78. The third-order valence-electron chi connectivity index (χ3n) is 6.94. The van der Waals surface area contributed by atoms with Crippen molar-refractivity contribution in [3.63, 3.8) is 0 Å². The first-order valence-electron chi connectivity index (χ1n) is 12.1. The number of carbonyl (C=O) groups is 2. The first kappa shape index (κ1) is 27.4. The van der Waals surface area contributed by atoms with E-state index in [1.165, 1.54) is 0 Å². The third-order valence-corrected chi connectivity index (χ3v) is 8.24. The second-order valence-corrected chi connectivity index (χ2v) is 12.2. The van der Waals surface area contributed by atoms with Crippen LogP contribution in [0.5, 0.6) is 0 Å². The Bertz CT molecular complexity index is 1360. The lowest BCUT2D eigenvalue weighted by Gasteiger charge is -2.49. The van der Waals surface area contributed by atoms with Crippen molar-refractivity contribution in [1.29, 1.82) is 5.26 Å². The van der Waals surface area contributed by atoms with Crippen LogP contribution in [0.2, 0.25) is 10.0 Å². The first-order chi connectivity index (χ1) is 17.5. The zero-order valence-corrected chi connectivity index (χ0v) is 22.8. The minimum atomic E-state index is -3.57. The Kier molecular flexibility index (Phi) is 8.14. The Hall–Kier alpha value is -2.64. The van der Waals surface area contributed by atoms with Crippen molar-refractivity contribution in [2.75, 3.05) is 6.26 Å². The van der Waals surface area contributed by atoms with Gasteiger partial charge in [0.2, 0.25) is 15.9 Å². The van der Waals surface area contributed by atoms with Crippen molar-refractivity contribution in [2.24, 2.45) is 0 Å². The van der Waals surface area contributed by atoms with E-state index < -0.39 is 46.0 Å². The van der Waals surface area contributed by atoms with E-state index in [-0.39, 0.29) is 10.9 Å². The Labute approximate surface area is 227 Å². The van der Waals surface area contributed by atoms with Gasteiger partial charge in [0.25, 0.3) is 5.91 Å². The van der Waals surface area contributed by atoms with Gasteiger partial charge in [-0.05, 0) is 49.1 Å². The van der Waals surface area contributed by atoms with Crippen LogP contribution in [0.15, 0.2) is 42.5 Å². The minimum absolute atomic E-state index is 0.282. The Morgan fingerprint density at radius 2 is 1.84 bits per heavy atom. The number of hydrogen-bond donors (Lipinski definition) is 2. The Balaban J connectivity index is 1.94. The molecule has 37 heavy (non-hydrogen) atoms. The van der Waals surface area contributed by atoms with E-state index in [1.54, 1.807) is 54.3 Å². The predicted molar refractivity (Wildman–Crippen MR) is 142 cm³/mol. The van der Waals surface area contributed by atoms with E-state index in [0.717, 1.165) is 19.1 Å². The molecule has 1 aliphatic heterocycles. The number of rotatable bonds is 6. The summed E-state index contributed by atoms with van der Waals surface area (Å²) >= 11 is 12.8. The molecule has 11 heteroatoms. The fourth-order valence-corrected chi connectivity index (χ4v) is 6.81. The molecule has 0 saturated heterocycles. The van der Waals surface area contributed by atoms with Crippen LogP contribution in [-0.2, 0) is 14.8 Å². The molecule has 2 N–H and O–H groups in total. The number of hydrogen-bond acceptors (Lipinski definition) is 5. The van der Waals surface area contributed by atoms with Crippen LogP contribution in [0.25, 0.3) is 0 Å². The van der Waals surface area contributed by atoms with E-state index in [9.17, 15) is 23.3 Å². The van der Waals surface area contributed by atoms with E-state index in [1.807, 2.05) is 6.07 Å². The number of benzene rings is 2. The van der Waals surface area contributed by atoms with Crippen molar-refractivity contribution >= 4 is 45.0 Å². The monoisotopic (exact) mass is 562 g/mol. The topological polar surface area (TPSA) is 119 Å². The lowest BCUT2D eigenvalue weighted by atomic mass is 9.76. The van der Waals surface area contributed by atoms with Gasteiger partial charge in [-0.1, -0.05) is 60.3 Å². The predicted octanol–water partition coefficient (Wildman–Crippen LogP) is 4.16. The SMILES string of the molecule is CC(C#N)NC(=O)[C@@H]1c2ccccc2C(=O)N(C2CCCC[C@@H]2NS(C)(=O)=O)[C@H]1c1ccc(Cl)cc1Cl. The van der Waals surface area contributed by atoms with Crippen LogP contribution < -0.4 is 10.0 Å². The van der Waals surface area contributed by atoms with Crippen LogP contribution in [-0.4, -0.2) is 49.5 Å². The summed E-state index contributed by atoms with van der Waals surface area (Å²) in [7, 11) is -3.57. The number of nitriles is 1. The molecule has 2 amide bonds. The van der Waals surface area contributed by atoms with Crippen LogP contribution >= 0.6 is 23.2 Å². The van der Waals surface area contributed by atoms with E-state index in [0.29, 0.717) is 34.6 Å². The van der Waals surface area contributed by atoms with Gasteiger partial charge in [-0.3, -0.25) is 9.59 Å². The van der Waals surface area contributed by atoms with Gasteiger partial charge in [-0.2, -0.15) is 5.26 Å². The zero-order chi connectivity index (χ0) is 26.9. The highest BCUT2D eigenvalue weighted by atomic mass is 35.5. The van der Waals surface area contributed by atoms with Gasteiger partial charge >= 0.3 is 0 Å². The smallest absolute Gasteiger partial charge is 0.255 e. The van der Waals surface area contributed by atoms with Crippen molar-refractivity contribution in [3.8, 4) is 6.07 Å². The molecule has 0 radical (unpaired) electrons. The number of nitrogens with one attached hydrogen (secondary N) is 2. The highest BCUT2D eigenvalue weighted by molar-refractivity contribution is 7.88. The molecule has 0 bridgehead atoms. The lowest BCUT2D eigenvalue weighted by Crippen LogP contribution is -2.59. The number of halogens is 2. The summed E-state index contributed by atoms with van der Waals surface area (Å²) in [4.78, 5) is 29.5. The number of fused-ring (bicyclic) bond motifs is 1. The Morgan fingerprint density at radius 3 is 2.51 bits per heavy atom. The van der Waals surface area contributed by atoms with Crippen molar-refractivity contribution < 1.29 is 18.0 Å². The standard InChI is InChI=1S/C26H28Cl2N4O4S/c1-15(14-29)30-25(33)23-17-7-3-4-8-18(17)26(34)32(24(23)19-12-11-16(27)13-20(19)28)22-10-6-5-9-21(22)31-37(2,35)36/h3-4,7-8,11-13,15,21-24,31H,5-6,9-10H2,1-2H3,(H,30,33)/t15?,21-,22?,23+,24-/m0/s1. The van der Waals surface area contributed by atoms with Crippen molar-refractivity contribution in [1.82, 2.24) is 14.9 Å². The molecule has 8 nitrogen and oxygen atoms in total. The molecule has 1 saturated carbocycles. The summed E-state index contributed by atoms with van der Waals surface area (Å²) in [5.41, 5.74) is 1.39. The Morgan fingerprint density at radius 1 is 1.14 bits per heavy atom. The highest BCUT2D eigenvalue weighted by Gasteiger charge is 2.49. The van der Waals surface area contributed by atoms with Gasteiger partial charge in [0.05, 0.1) is 24.3 Å². The first-order valence-corrected chi connectivity index (χ1v) is 14.7. The van der Waals surface area contributed by atoms with E-state index in [4.69, 9.17) is 23.2 Å². The number of nitrogens with zero attached hydrogens (tertiary/aromatic N) is 2. The fourth-order valence-electron chi connectivity index (χ4n) is 5.46.